The van der Waals surface area contributed by atoms with Crippen molar-refractivity contribution in [1.29, 1.82) is 0 Å². The first-order valence-corrected chi connectivity index (χ1v) is 24.9. The normalized spacial score (nSPS) is 42.0. The van der Waals surface area contributed by atoms with E-state index < -0.39 is 0 Å². The zero-order valence-corrected chi connectivity index (χ0v) is 38.4. The van der Waals surface area contributed by atoms with E-state index in [1.807, 2.05) is 5.92 Å². The number of rotatable bonds is 19. The average Bonchev–Trinajstić information content (AvgIpc) is 3.68. The van der Waals surface area contributed by atoms with Gasteiger partial charge < -0.3 is 23.7 Å². The summed E-state index contributed by atoms with van der Waals surface area (Å²) < 4.78 is 38.1. The summed E-state index contributed by atoms with van der Waals surface area (Å²) in [4.78, 5) is 0. The predicted octanol–water partition coefficient (Wildman–Crippen LogP) is 13.4. The predicted molar refractivity (Wildman–Crippen MR) is 230 cm³/mol. The van der Waals surface area contributed by atoms with Crippen LogP contribution in [0.1, 0.15) is 217 Å². The van der Waals surface area contributed by atoms with Gasteiger partial charge >= 0.3 is 0 Å². The lowest BCUT2D eigenvalue weighted by Crippen LogP contribution is -2.74. The highest BCUT2D eigenvalue weighted by molar-refractivity contribution is 5.37. The quantitative estimate of drug-likeness (QED) is 0.122. The molecule has 7 rings (SSSR count). The zero-order valence-electron chi connectivity index (χ0n) is 38.4. The third-order valence-corrected chi connectivity index (χ3v) is 17.5. The van der Waals surface area contributed by atoms with Crippen LogP contribution in [-0.2, 0) is 23.7 Å². The summed E-state index contributed by atoms with van der Waals surface area (Å²) in [6.07, 6.45) is 30.2. The van der Waals surface area contributed by atoms with Crippen molar-refractivity contribution < 1.29 is 23.7 Å². The van der Waals surface area contributed by atoms with E-state index in [1.54, 1.807) is 0 Å². The molecule has 5 heteroatoms. The first-order chi connectivity index (χ1) is 26.8. The van der Waals surface area contributed by atoms with Crippen molar-refractivity contribution >= 4 is 0 Å². The van der Waals surface area contributed by atoms with Crippen LogP contribution in [0.5, 0.6) is 0 Å². The molecule has 0 aromatic carbocycles. The Balaban J connectivity index is 1.58. The molecule has 11 unspecified atom stereocenters. The molecule has 56 heavy (non-hydrogen) atoms. The summed E-state index contributed by atoms with van der Waals surface area (Å²) in [5.74, 6) is 2.88. The Bertz CT molecular complexity index is 1270. The van der Waals surface area contributed by atoms with Crippen LogP contribution in [0.25, 0.3) is 0 Å². The topological polar surface area (TPSA) is 46.2 Å². The molecule has 5 nitrogen and oxygen atoms in total. The molecule has 0 spiro atoms. The minimum Gasteiger partial charge on any atom is -0.378 e. The van der Waals surface area contributed by atoms with Gasteiger partial charge in [0.15, 0.2) is 0 Å². The zero-order chi connectivity index (χ0) is 40.0. The Hall–Kier alpha value is -0.200. The van der Waals surface area contributed by atoms with Gasteiger partial charge in [-0.15, -0.1) is 0 Å². The van der Waals surface area contributed by atoms with Gasteiger partial charge in [0.05, 0.1) is 48.3 Å². The molecule has 0 N–H and O–H groups in total. The molecule has 0 aromatic heterocycles. The van der Waals surface area contributed by atoms with Gasteiger partial charge in [-0.2, -0.15) is 0 Å². The van der Waals surface area contributed by atoms with E-state index in [0.717, 1.165) is 26.1 Å². The molecule has 7 fully saturated rings. The van der Waals surface area contributed by atoms with Crippen LogP contribution in [-0.4, -0.2) is 61.5 Å². The standard InChI is InChI=1S/C51H89O5/c1-11-13-34-52-42-24-16-28-48(42,40-22-15-23-41(40)54-37(5)6)50(30-17-25-43(50)53-35-36(3)4)51(31-18-26-44(51)55-38(7)12-2)49(47(32-33-47)39-20-14-21-39)29-19-27-45(49)56-46(8,9)10/h36-38,40-45H,11-35H2,1-10H3. The summed E-state index contributed by atoms with van der Waals surface area (Å²) >= 11 is 0. The Morgan fingerprint density at radius 2 is 1.27 bits per heavy atom. The van der Waals surface area contributed by atoms with Gasteiger partial charge in [-0.05, 0) is 167 Å². The Labute approximate surface area is 346 Å². The molecule has 323 valence electrons. The lowest BCUT2D eigenvalue weighted by atomic mass is 9.33. The third-order valence-electron chi connectivity index (χ3n) is 17.5. The maximum Gasteiger partial charge on any atom is 0.0650 e. The first kappa shape index (κ1) is 43.9. The number of hydrogen-bond donors (Lipinski definition) is 0. The lowest BCUT2D eigenvalue weighted by Gasteiger charge is -2.73. The van der Waals surface area contributed by atoms with E-state index >= 15 is 0 Å². The molecule has 0 amide bonds. The highest BCUT2D eigenvalue weighted by atomic mass is 16.5. The van der Waals surface area contributed by atoms with Gasteiger partial charge in [0, 0.05) is 34.9 Å². The minimum absolute atomic E-state index is 0.0119. The van der Waals surface area contributed by atoms with E-state index in [9.17, 15) is 0 Å². The molecule has 1 radical (unpaired) electrons. The number of hydrogen-bond acceptors (Lipinski definition) is 5. The summed E-state index contributed by atoms with van der Waals surface area (Å²) in [5.41, 5.74) is -0.180. The molecule has 0 bridgehead atoms. The van der Waals surface area contributed by atoms with E-state index in [0.29, 0.717) is 11.8 Å². The van der Waals surface area contributed by atoms with E-state index in [2.05, 4.69) is 69.2 Å². The maximum atomic E-state index is 7.86. The average molecular weight is 782 g/mol. The van der Waals surface area contributed by atoms with Crippen LogP contribution in [0.15, 0.2) is 0 Å². The lowest BCUT2D eigenvalue weighted by molar-refractivity contribution is -0.322. The fraction of sp³-hybridized carbons (Fsp3) is 0.980. The Morgan fingerprint density at radius 3 is 1.88 bits per heavy atom. The fourth-order valence-corrected chi connectivity index (χ4v) is 15.9. The van der Waals surface area contributed by atoms with E-state index in [4.69, 9.17) is 23.7 Å². The highest BCUT2D eigenvalue weighted by Gasteiger charge is 2.85. The van der Waals surface area contributed by atoms with Crippen molar-refractivity contribution in [2.75, 3.05) is 13.2 Å². The Kier molecular flexibility index (Phi) is 13.5. The van der Waals surface area contributed by atoms with Crippen molar-refractivity contribution in [1.82, 2.24) is 0 Å². The molecule has 0 aromatic rings. The molecular weight excluding hydrogens is 693 g/mol. The first-order valence-electron chi connectivity index (χ1n) is 24.9. The summed E-state index contributed by atoms with van der Waals surface area (Å²) in [6, 6.07) is 0. The second-order valence-electron chi connectivity index (χ2n) is 22.3. The monoisotopic (exact) mass is 782 g/mol. The van der Waals surface area contributed by atoms with Crippen molar-refractivity contribution in [2.45, 2.75) is 265 Å². The summed E-state index contributed by atoms with van der Waals surface area (Å²) in [6.45, 7) is 25.2. The smallest absolute Gasteiger partial charge is 0.0650 e. The van der Waals surface area contributed by atoms with Crippen molar-refractivity contribution in [3.8, 4) is 0 Å². The van der Waals surface area contributed by atoms with Gasteiger partial charge in [0.25, 0.3) is 0 Å². The second-order valence-corrected chi connectivity index (χ2v) is 22.3. The van der Waals surface area contributed by atoms with Crippen molar-refractivity contribution in [2.24, 2.45) is 38.9 Å². The molecule has 0 aliphatic heterocycles. The van der Waals surface area contributed by atoms with Crippen LogP contribution >= 0.6 is 0 Å². The third kappa shape index (κ3) is 7.06. The van der Waals surface area contributed by atoms with E-state index in [1.165, 1.54) is 135 Å². The van der Waals surface area contributed by atoms with E-state index in [-0.39, 0.29) is 75.4 Å². The maximum absolute atomic E-state index is 7.86. The second kappa shape index (κ2) is 17.3. The largest absolute Gasteiger partial charge is 0.378 e. The molecular formula is C51H89O5. The number of unbranched alkanes of at least 4 members (excludes halogenated alkanes) is 1. The molecule has 0 saturated heterocycles. The Morgan fingerprint density at radius 1 is 0.625 bits per heavy atom. The molecule has 0 heterocycles. The summed E-state index contributed by atoms with van der Waals surface area (Å²) in [7, 11) is 0. The van der Waals surface area contributed by atoms with Gasteiger partial charge in [0.2, 0.25) is 0 Å². The summed E-state index contributed by atoms with van der Waals surface area (Å²) in [5, 5.41) is 0. The van der Waals surface area contributed by atoms with Gasteiger partial charge in [-0.1, -0.05) is 72.6 Å². The molecule has 11 atom stereocenters. The van der Waals surface area contributed by atoms with Crippen molar-refractivity contribution in [3.63, 3.8) is 0 Å². The minimum atomic E-state index is -0.206. The van der Waals surface area contributed by atoms with Gasteiger partial charge in [-0.25, -0.2) is 0 Å². The highest BCUT2D eigenvalue weighted by Crippen LogP contribution is 2.87. The molecule has 7 aliphatic carbocycles. The van der Waals surface area contributed by atoms with Gasteiger partial charge in [0.1, 0.15) is 0 Å². The molecule has 7 saturated carbocycles. The fourth-order valence-electron chi connectivity index (χ4n) is 15.9. The molecule has 7 aliphatic rings. The van der Waals surface area contributed by atoms with Crippen LogP contribution in [0, 0.1) is 44.8 Å². The van der Waals surface area contributed by atoms with Crippen LogP contribution in [0.2, 0.25) is 0 Å². The van der Waals surface area contributed by atoms with Crippen LogP contribution in [0.4, 0.5) is 0 Å². The SMILES string of the molecule is CCCCOC1CCCC1(C1CCCC1OC(C)C)C1(C2(C3(C4([C]5CCC5)CC4)CCCC3OC(C)(C)C)CCCC2OC(C)CC)CCCC1OCC(C)C. The van der Waals surface area contributed by atoms with Crippen LogP contribution < -0.4 is 0 Å². The van der Waals surface area contributed by atoms with Gasteiger partial charge in [-0.3, -0.25) is 0 Å². The van der Waals surface area contributed by atoms with Crippen molar-refractivity contribution in [3.05, 3.63) is 5.92 Å². The van der Waals surface area contributed by atoms with Crippen LogP contribution in [0.3, 0.4) is 0 Å². The number of ether oxygens (including phenoxy) is 5.